The molecule has 134 valence electrons. The number of carbonyl (C=O) groups excluding carboxylic acids is 2. The van der Waals surface area contributed by atoms with E-state index in [-0.39, 0.29) is 12.6 Å². The molecule has 0 aliphatic carbocycles. The van der Waals surface area contributed by atoms with E-state index >= 15 is 0 Å². The normalized spacial score (nSPS) is 15.3. The van der Waals surface area contributed by atoms with Gasteiger partial charge in [0.15, 0.2) is 5.76 Å². The van der Waals surface area contributed by atoms with Crippen LogP contribution in [-0.4, -0.2) is 62.9 Å². The van der Waals surface area contributed by atoms with E-state index in [0.717, 1.165) is 24.5 Å². The second-order valence-electron chi connectivity index (χ2n) is 6.02. The molecule has 2 aromatic heterocycles. The minimum Gasteiger partial charge on any atom is -0.368 e. The van der Waals surface area contributed by atoms with Crippen molar-refractivity contribution >= 4 is 17.6 Å². The van der Waals surface area contributed by atoms with Crippen LogP contribution in [0.15, 0.2) is 23.0 Å². The molecule has 3 heterocycles. The molecule has 0 unspecified atom stereocenters. The van der Waals surface area contributed by atoms with Crippen molar-refractivity contribution in [3.8, 4) is 0 Å². The molecule has 0 atom stereocenters. The molecule has 25 heavy (non-hydrogen) atoms. The van der Waals surface area contributed by atoms with E-state index in [1.165, 1.54) is 10.9 Å². The molecule has 1 aliphatic heterocycles. The summed E-state index contributed by atoms with van der Waals surface area (Å²) in [5.74, 6) is 0.344. The van der Waals surface area contributed by atoms with E-state index < -0.39 is 5.91 Å². The summed E-state index contributed by atoms with van der Waals surface area (Å²) in [5, 5.41) is 10.6. The Morgan fingerprint density at radius 2 is 2.08 bits per heavy atom. The summed E-state index contributed by atoms with van der Waals surface area (Å²) in [6.45, 7) is 5.32. The Hall–Kier alpha value is -2.88. The van der Waals surface area contributed by atoms with Crippen LogP contribution in [0.5, 0.6) is 0 Å². The van der Waals surface area contributed by atoms with Gasteiger partial charge in [-0.3, -0.25) is 14.4 Å². The lowest BCUT2D eigenvalue weighted by atomic mass is 10.3. The fraction of sp³-hybridized carbons (Fsp3) is 0.467. The summed E-state index contributed by atoms with van der Waals surface area (Å²) in [6, 6.07) is 1.73. The predicted octanol–water partition coefficient (Wildman–Crippen LogP) is 0.0145. The summed E-state index contributed by atoms with van der Waals surface area (Å²) in [7, 11) is 0. The highest BCUT2D eigenvalue weighted by Gasteiger charge is 2.22. The Balaban J connectivity index is 1.46. The first-order chi connectivity index (χ1) is 12.0. The summed E-state index contributed by atoms with van der Waals surface area (Å²) in [5.41, 5.74) is 6.51. The zero-order valence-corrected chi connectivity index (χ0v) is 14.0. The van der Waals surface area contributed by atoms with Gasteiger partial charge >= 0.3 is 6.03 Å². The number of urea groups is 1. The Morgan fingerprint density at radius 3 is 2.72 bits per heavy atom. The number of nitrogens with zero attached hydrogens (tertiary/aromatic N) is 5. The minimum absolute atomic E-state index is 0.0182. The first-order valence-corrected chi connectivity index (χ1v) is 8.01. The van der Waals surface area contributed by atoms with Crippen LogP contribution in [0.4, 0.5) is 10.5 Å². The molecule has 0 bridgehead atoms. The van der Waals surface area contributed by atoms with Gasteiger partial charge in [0.05, 0.1) is 24.1 Å². The molecule has 0 aromatic carbocycles. The lowest BCUT2D eigenvalue weighted by Crippen LogP contribution is -2.49. The van der Waals surface area contributed by atoms with Gasteiger partial charge in [0.25, 0.3) is 0 Å². The Bertz CT molecular complexity index is 746. The largest absolute Gasteiger partial charge is 0.368 e. The number of rotatable bonds is 5. The number of aryl methyl sites for hydroxylation is 1. The van der Waals surface area contributed by atoms with Crippen LogP contribution in [-0.2, 0) is 17.9 Å². The number of nitrogens with one attached hydrogen (secondary N) is 1. The van der Waals surface area contributed by atoms with Crippen molar-refractivity contribution < 1.29 is 14.1 Å². The zero-order valence-electron chi connectivity index (χ0n) is 14.0. The van der Waals surface area contributed by atoms with Gasteiger partial charge in [-0.25, -0.2) is 4.79 Å². The number of anilines is 1. The van der Waals surface area contributed by atoms with Gasteiger partial charge in [-0.05, 0) is 6.92 Å². The van der Waals surface area contributed by atoms with Crippen molar-refractivity contribution in [2.24, 2.45) is 5.73 Å². The summed E-state index contributed by atoms with van der Waals surface area (Å²) in [6.07, 6.45) is 3.06. The molecular weight excluding hydrogens is 326 g/mol. The Morgan fingerprint density at radius 1 is 1.32 bits per heavy atom. The van der Waals surface area contributed by atoms with Crippen LogP contribution in [0.2, 0.25) is 0 Å². The second kappa shape index (κ2) is 7.34. The van der Waals surface area contributed by atoms with Gasteiger partial charge in [0.1, 0.15) is 6.54 Å². The van der Waals surface area contributed by atoms with E-state index in [1.54, 1.807) is 11.1 Å². The highest BCUT2D eigenvalue weighted by molar-refractivity contribution is 5.89. The maximum absolute atomic E-state index is 12.3. The van der Waals surface area contributed by atoms with E-state index in [0.29, 0.717) is 25.3 Å². The van der Waals surface area contributed by atoms with Crippen molar-refractivity contribution in [2.75, 3.05) is 31.5 Å². The lowest BCUT2D eigenvalue weighted by Gasteiger charge is -2.33. The Labute approximate surface area is 144 Å². The van der Waals surface area contributed by atoms with Gasteiger partial charge in [-0.2, -0.15) is 5.10 Å². The fourth-order valence-corrected chi connectivity index (χ4v) is 2.70. The average molecular weight is 347 g/mol. The number of piperazine rings is 1. The van der Waals surface area contributed by atoms with E-state index in [9.17, 15) is 9.59 Å². The maximum Gasteiger partial charge on any atom is 0.322 e. The quantitative estimate of drug-likeness (QED) is 0.786. The lowest BCUT2D eigenvalue weighted by molar-refractivity contribution is -0.118. The third kappa shape index (κ3) is 4.57. The molecule has 1 fully saturated rings. The third-order valence-electron chi connectivity index (χ3n) is 3.92. The van der Waals surface area contributed by atoms with Gasteiger partial charge < -0.3 is 20.5 Å². The SMILES string of the molecule is Cc1cc(CN2CCN(C(=O)Nc3cnn(CC(N)=O)c3)CC2)on1. The second-order valence-corrected chi connectivity index (χ2v) is 6.02. The molecule has 10 nitrogen and oxygen atoms in total. The number of aromatic nitrogens is 3. The molecule has 1 aliphatic rings. The highest BCUT2D eigenvalue weighted by atomic mass is 16.5. The molecule has 3 rings (SSSR count). The monoisotopic (exact) mass is 347 g/mol. The van der Waals surface area contributed by atoms with Crippen molar-refractivity contribution in [3.63, 3.8) is 0 Å². The van der Waals surface area contributed by atoms with Crippen molar-refractivity contribution in [3.05, 3.63) is 29.9 Å². The maximum atomic E-state index is 12.3. The topological polar surface area (TPSA) is 123 Å². The number of carbonyl (C=O) groups is 2. The minimum atomic E-state index is -0.487. The van der Waals surface area contributed by atoms with Crippen LogP contribution in [0.25, 0.3) is 0 Å². The molecule has 10 heteroatoms. The van der Waals surface area contributed by atoms with Crippen molar-refractivity contribution in [1.82, 2.24) is 24.7 Å². The smallest absolute Gasteiger partial charge is 0.322 e. The van der Waals surface area contributed by atoms with E-state index in [1.807, 2.05) is 13.0 Å². The van der Waals surface area contributed by atoms with Crippen LogP contribution in [0, 0.1) is 6.92 Å². The predicted molar refractivity (Wildman–Crippen MR) is 88.5 cm³/mol. The number of hydrogen-bond acceptors (Lipinski definition) is 6. The Kier molecular flexibility index (Phi) is 4.98. The molecular formula is C15H21N7O3. The number of primary amides is 1. The zero-order chi connectivity index (χ0) is 17.8. The molecule has 0 saturated carbocycles. The van der Waals surface area contributed by atoms with E-state index in [2.05, 4.69) is 20.5 Å². The van der Waals surface area contributed by atoms with Gasteiger partial charge in [-0.15, -0.1) is 0 Å². The summed E-state index contributed by atoms with van der Waals surface area (Å²) in [4.78, 5) is 27.1. The first kappa shape index (κ1) is 17.0. The van der Waals surface area contributed by atoms with Crippen LogP contribution in [0.1, 0.15) is 11.5 Å². The summed E-state index contributed by atoms with van der Waals surface area (Å²) >= 11 is 0. The molecule has 0 radical (unpaired) electrons. The molecule has 0 spiro atoms. The van der Waals surface area contributed by atoms with Gasteiger partial charge in [-0.1, -0.05) is 5.16 Å². The number of amides is 3. The van der Waals surface area contributed by atoms with Crippen LogP contribution in [0.3, 0.4) is 0 Å². The number of hydrogen-bond donors (Lipinski definition) is 2. The highest BCUT2D eigenvalue weighted by Crippen LogP contribution is 2.11. The van der Waals surface area contributed by atoms with Crippen LogP contribution >= 0.6 is 0 Å². The van der Waals surface area contributed by atoms with Crippen molar-refractivity contribution in [1.29, 1.82) is 0 Å². The first-order valence-electron chi connectivity index (χ1n) is 8.01. The van der Waals surface area contributed by atoms with Gasteiger partial charge in [0, 0.05) is 38.4 Å². The van der Waals surface area contributed by atoms with Crippen LogP contribution < -0.4 is 11.1 Å². The molecule has 3 amide bonds. The average Bonchev–Trinajstić information content (AvgIpc) is 3.16. The van der Waals surface area contributed by atoms with Crippen molar-refractivity contribution in [2.45, 2.75) is 20.0 Å². The molecule has 3 N–H and O–H groups in total. The number of nitrogens with two attached hydrogens (primary N) is 1. The van der Waals surface area contributed by atoms with E-state index in [4.69, 9.17) is 10.3 Å². The molecule has 2 aromatic rings. The third-order valence-corrected chi connectivity index (χ3v) is 3.92. The standard InChI is InChI=1S/C15H21N7O3/c1-11-6-13(25-19-11)9-20-2-4-21(5-3-20)15(24)18-12-7-17-22(8-12)10-14(16)23/h6-8H,2-5,9-10H2,1H3,(H2,16,23)(H,18,24). The fourth-order valence-electron chi connectivity index (χ4n) is 2.70. The molecule has 1 saturated heterocycles. The van der Waals surface area contributed by atoms with Gasteiger partial charge in [0.2, 0.25) is 5.91 Å². The summed E-state index contributed by atoms with van der Waals surface area (Å²) < 4.78 is 6.61.